The quantitative estimate of drug-likeness (QED) is 0.701. The van der Waals surface area contributed by atoms with E-state index < -0.39 is 11.8 Å². The highest BCUT2D eigenvalue weighted by Crippen LogP contribution is 2.18. The van der Waals surface area contributed by atoms with Gasteiger partial charge >= 0.3 is 0 Å². The molecule has 0 radical (unpaired) electrons. The molecule has 0 aromatic carbocycles. The van der Waals surface area contributed by atoms with Crippen LogP contribution >= 0.6 is 0 Å². The van der Waals surface area contributed by atoms with Crippen molar-refractivity contribution < 1.29 is 4.79 Å². The van der Waals surface area contributed by atoms with Crippen molar-refractivity contribution in [3.05, 3.63) is 41.1 Å². The van der Waals surface area contributed by atoms with Crippen LogP contribution in [0.15, 0.2) is 40.6 Å². The molecule has 0 N–H and O–H groups in total. The normalized spacial score (nSPS) is 19.0. The Hall–Kier alpha value is -2.17. The number of aliphatic imine (C=N–C) groups is 1. The Labute approximate surface area is 91.9 Å². The molecule has 0 fully saturated rings. The zero-order chi connectivity index (χ0) is 11.4. The number of carbonyl (C=O) groups excluding carboxylic acids is 1. The highest BCUT2D eigenvalue weighted by Gasteiger charge is 2.19. The van der Waals surface area contributed by atoms with Gasteiger partial charge in [-0.05, 0) is 17.7 Å². The minimum Gasteiger partial charge on any atom is -0.292 e. The van der Waals surface area contributed by atoms with Crippen LogP contribution in [0.25, 0.3) is 5.57 Å². The second-order valence-corrected chi connectivity index (χ2v) is 3.35. The Morgan fingerprint density at radius 3 is 3.00 bits per heavy atom. The molecular weight excluding hydrogens is 206 g/mol. The van der Waals surface area contributed by atoms with Crippen LogP contribution in [0.4, 0.5) is 0 Å². The number of carbonyl (C=O) groups is 1. The van der Waals surface area contributed by atoms with E-state index in [1.807, 2.05) is 18.2 Å². The molecule has 1 unspecified atom stereocenters. The maximum atomic E-state index is 11.1. The van der Waals surface area contributed by atoms with E-state index in [-0.39, 0.29) is 0 Å². The minimum absolute atomic E-state index is 0.472. The van der Waals surface area contributed by atoms with Gasteiger partial charge in [0.25, 0.3) is 5.91 Å². The molecule has 0 saturated heterocycles. The van der Waals surface area contributed by atoms with Gasteiger partial charge in [-0.15, -0.1) is 4.91 Å². The van der Waals surface area contributed by atoms with Gasteiger partial charge in [0, 0.05) is 17.6 Å². The van der Waals surface area contributed by atoms with Gasteiger partial charge in [-0.1, -0.05) is 12.1 Å². The molecular formula is C11H9N3O2. The van der Waals surface area contributed by atoms with Gasteiger partial charge in [-0.2, -0.15) is 0 Å². The average molecular weight is 215 g/mol. The van der Waals surface area contributed by atoms with Gasteiger partial charge in [0.2, 0.25) is 0 Å². The number of dihydropyridines is 1. The molecule has 16 heavy (non-hydrogen) atoms. The molecule has 0 aliphatic carbocycles. The Bertz CT molecular complexity index is 465. The second kappa shape index (κ2) is 4.57. The summed E-state index contributed by atoms with van der Waals surface area (Å²) >= 11 is 0. The summed E-state index contributed by atoms with van der Waals surface area (Å²) in [5.41, 5.74) is 1.60. The predicted molar refractivity (Wildman–Crippen MR) is 59.9 cm³/mol. The number of aromatic nitrogens is 1. The first-order valence-corrected chi connectivity index (χ1v) is 4.80. The molecule has 1 aromatic heterocycles. The molecule has 2 rings (SSSR count). The van der Waals surface area contributed by atoms with Crippen molar-refractivity contribution in [2.24, 2.45) is 16.1 Å². The standard InChI is InChI=1S/C11H9N3O2/c15-11(14-16)9-5-8(6-12-7-9)10-3-1-2-4-13-10/h1-5,7,9H,6H2. The first kappa shape index (κ1) is 10.4. The number of nitrogens with zero attached hydrogens (tertiary/aromatic N) is 3. The largest absolute Gasteiger partial charge is 0.298 e. The lowest BCUT2D eigenvalue weighted by molar-refractivity contribution is -0.118. The van der Waals surface area contributed by atoms with Crippen molar-refractivity contribution in [2.75, 3.05) is 6.54 Å². The van der Waals surface area contributed by atoms with Crippen molar-refractivity contribution >= 4 is 17.7 Å². The molecule has 2 heterocycles. The summed E-state index contributed by atoms with van der Waals surface area (Å²) in [6, 6.07) is 5.50. The number of rotatable bonds is 2. The van der Waals surface area contributed by atoms with E-state index in [0.717, 1.165) is 11.3 Å². The molecule has 1 amide bonds. The highest BCUT2D eigenvalue weighted by atomic mass is 16.3. The Kier molecular flexibility index (Phi) is 2.95. The molecule has 5 heteroatoms. The van der Waals surface area contributed by atoms with E-state index >= 15 is 0 Å². The SMILES string of the molecule is O=NC(=O)C1C=NCC(c2ccccn2)=C1. The third kappa shape index (κ3) is 2.08. The summed E-state index contributed by atoms with van der Waals surface area (Å²) in [6.45, 7) is 0.472. The van der Waals surface area contributed by atoms with E-state index in [1.54, 1.807) is 12.3 Å². The lowest BCUT2D eigenvalue weighted by atomic mass is 10.0. The number of nitroso groups, excluding NO2 is 1. The summed E-state index contributed by atoms with van der Waals surface area (Å²) in [4.78, 5) is 29.4. The summed E-state index contributed by atoms with van der Waals surface area (Å²) in [5, 5.41) is 2.40. The zero-order valence-electron chi connectivity index (χ0n) is 8.41. The van der Waals surface area contributed by atoms with Crippen LogP contribution < -0.4 is 0 Å². The van der Waals surface area contributed by atoms with Crippen LogP contribution in [0.3, 0.4) is 0 Å². The summed E-state index contributed by atoms with van der Waals surface area (Å²) in [7, 11) is 0. The smallest absolute Gasteiger partial charge is 0.292 e. The highest BCUT2D eigenvalue weighted by molar-refractivity contribution is 5.98. The van der Waals surface area contributed by atoms with Crippen molar-refractivity contribution in [3.63, 3.8) is 0 Å². The van der Waals surface area contributed by atoms with Crippen LogP contribution in [0.5, 0.6) is 0 Å². The maximum absolute atomic E-state index is 11.1. The third-order valence-electron chi connectivity index (χ3n) is 2.28. The fraction of sp³-hybridized carbons (Fsp3) is 0.182. The van der Waals surface area contributed by atoms with Crippen molar-refractivity contribution in [1.82, 2.24) is 4.98 Å². The Balaban J connectivity index is 2.27. The maximum Gasteiger partial charge on any atom is 0.298 e. The van der Waals surface area contributed by atoms with Crippen LogP contribution in [0.1, 0.15) is 5.69 Å². The molecule has 0 bridgehead atoms. The molecule has 5 nitrogen and oxygen atoms in total. The molecule has 1 aliphatic rings. The predicted octanol–water partition coefficient (Wildman–Crippen LogP) is 1.46. The Morgan fingerprint density at radius 1 is 1.44 bits per heavy atom. The van der Waals surface area contributed by atoms with Crippen LogP contribution in [-0.2, 0) is 4.79 Å². The van der Waals surface area contributed by atoms with Crippen LogP contribution in [0, 0.1) is 10.8 Å². The molecule has 80 valence electrons. The summed E-state index contributed by atoms with van der Waals surface area (Å²) < 4.78 is 0. The van der Waals surface area contributed by atoms with E-state index in [9.17, 15) is 9.70 Å². The van der Waals surface area contributed by atoms with Gasteiger partial charge < -0.3 is 0 Å². The molecule has 1 aromatic rings. The van der Waals surface area contributed by atoms with E-state index in [0.29, 0.717) is 6.54 Å². The third-order valence-corrected chi connectivity index (χ3v) is 2.28. The second-order valence-electron chi connectivity index (χ2n) is 3.35. The molecule has 0 saturated carbocycles. The summed E-state index contributed by atoms with van der Waals surface area (Å²) in [6.07, 6.45) is 4.79. The lowest BCUT2D eigenvalue weighted by Gasteiger charge is -2.11. The fourth-order valence-corrected chi connectivity index (χ4v) is 1.49. The van der Waals surface area contributed by atoms with Crippen molar-refractivity contribution in [2.45, 2.75) is 0 Å². The minimum atomic E-state index is -0.725. The average Bonchev–Trinajstić information content (AvgIpc) is 2.39. The monoisotopic (exact) mass is 215 g/mol. The van der Waals surface area contributed by atoms with Crippen LogP contribution in [0.2, 0.25) is 0 Å². The lowest BCUT2D eigenvalue weighted by Crippen LogP contribution is -2.15. The van der Waals surface area contributed by atoms with E-state index in [4.69, 9.17) is 0 Å². The van der Waals surface area contributed by atoms with Crippen LogP contribution in [-0.4, -0.2) is 23.7 Å². The van der Waals surface area contributed by atoms with Gasteiger partial charge in [-0.3, -0.25) is 14.8 Å². The zero-order valence-corrected chi connectivity index (χ0v) is 8.41. The topological polar surface area (TPSA) is 71.8 Å². The molecule has 1 aliphatic heterocycles. The number of hydrogen-bond donors (Lipinski definition) is 0. The summed E-state index contributed by atoms with van der Waals surface area (Å²) in [5.74, 6) is -1.37. The molecule has 0 spiro atoms. The first-order valence-electron chi connectivity index (χ1n) is 4.80. The van der Waals surface area contributed by atoms with Crippen molar-refractivity contribution in [3.8, 4) is 0 Å². The van der Waals surface area contributed by atoms with E-state index in [2.05, 4.69) is 15.2 Å². The molecule has 1 atom stereocenters. The van der Waals surface area contributed by atoms with Crippen molar-refractivity contribution in [1.29, 1.82) is 0 Å². The Morgan fingerprint density at radius 2 is 2.31 bits per heavy atom. The van der Waals surface area contributed by atoms with Gasteiger partial charge in [-0.25, -0.2) is 0 Å². The van der Waals surface area contributed by atoms with Gasteiger partial charge in [0.15, 0.2) is 0 Å². The van der Waals surface area contributed by atoms with Gasteiger partial charge in [0.05, 0.1) is 18.2 Å². The fourth-order valence-electron chi connectivity index (χ4n) is 1.49. The number of hydrogen-bond acceptors (Lipinski definition) is 4. The van der Waals surface area contributed by atoms with E-state index in [1.165, 1.54) is 6.21 Å². The number of pyridine rings is 1. The first-order chi connectivity index (χ1) is 7.81. The number of amides is 1. The van der Waals surface area contributed by atoms with Gasteiger partial charge in [0.1, 0.15) is 0 Å².